The maximum absolute atomic E-state index is 4.49. The number of hydrogen-bond donors (Lipinski definition) is 2. The highest BCUT2D eigenvalue weighted by molar-refractivity contribution is 14.0. The molecule has 150 valence electrons. The minimum Gasteiger partial charge on any atom is -0.364 e. The van der Waals surface area contributed by atoms with Crippen LogP contribution in [-0.2, 0) is 6.54 Å². The van der Waals surface area contributed by atoms with Crippen molar-refractivity contribution in [3.8, 4) is 0 Å². The van der Waals surface area contributed by atoms with Gasteiger partial charge in [0.05, 0.1) is 0 Å². The first-order valence-corrected chi connectivity index (χ1v) is 9.63. The van der Waals surface area contributed by atoms with E-state index in [0.717, 1.165) is 57.3 Å². The Labute approximate surface area is 183 Å². The first-order valence-electron chi connectivity index (χ1n) is 9.63. The van der Waals surface area contributed by atoms with Crippen molar-refractivity contribution in [2.45, 2.75) is 25.3 Å². The molecule has 0 spiro atoms. The van der Waals surface area contributed by atoms with Gasteiger partial charge in [-0.3, -0.25) is 10.1 Å². The number of guanidine groups is 1. The van der Waals surface area contributed by atoms with Crippen molar-refractivity contribution in [1.82, 2.24) is 25.4 Å². The molecule has 28 heavy (non-hydrogen) atoms. The highest BCUT2D eigenvalue weighted by Gasteiger charge is 2.24. The largest absolute Gasteiger partial charge is 0.364 e. The van der Waals surface area contributed by atoms with Crippen LogP contribution in [0.4, 0.5) is 5.69 Å². The summed E-state index contributed by atoms with van der Waals surface area (Å²) >= 11 is 0. The molecule has 2 aliphatic rings. The van der Waals surface area contributed by atoms with Crippen LogP contribution in [0.25, 0.3) is 0 Å². The smallest absolute Gasteiger partial charge is 0.193 e. The number of nitrogens with one attached hydrogen (secondary N) is 2. The van der Waals surface area contributed by atoms with Crippen molar-refractivity contribution in [3.05, 3.63) is 54.1 Å². The zero-order valence-electron chi connectivity index (χ0n) is 16.2. The van der Waals surface area contributed by atoms with E-state index in [1.165, 1.54) is 11.3 Å². The number of piperidine rings is 1. The SMILES string of the molecule is CN=C(NCc1cccc(N2CC=CC2)c1)N1CCC(c2ncn[nH]2)CC1.I. The Kier molecular flexibility index (Phi) is 7.30. The molecule has 0 radical (unpaired) electrons. The van der Waals surface area contributed by atoms with Crippen LogP contribution in [0.2, 0.25) is 0 Å². The number of benzene rings is 1. The van der Waals surface area contributed by atoms with E-state index in [1.807, 2.05) is 7.05 Å². The number of likely N-dealkylation sites (tertiary alicyclic amines) is 1. The van der Waals surface area contributed by atoms with Gasteiger partial charge in [0.15, 0.2) is 5.96 Å². The lowest BCUT2D eigenvalue weighted by Crippen LogP contribution is -2.45. The van der Waals surface area contributed by atoms with Crippen molar-refractivity contribution in [3.63, 3.8) is 0 Å². The highest BCUT2D eigenvalue weighted by atomic mass is 127. The van der Waals surface area contributed by atoms with E-state index in [0.29, 0.717) is 5.92 Å². The van der Waals surface area contributed by atoms with Crippen molar-refractivity contribution in [1.29, 1.82) is 0 Å². The van der Waals surface area contributed by atoms with Gasteiger partial charge in [0, 0.05) is 51.4 Å². The fourth-order valence-electron chi connectivity index (χ4n) is 3.84. The molecule has 0 amide bonds. The van der Waals surface area contributed by atoms with Gasteiger partial charge < -0.3 is 15.1 Å². The van der Waals surface area contributed by atoms with E-state index in [9.17, 15) is 0 Å². The fraction of sp³-hybridized carbons (Fsp3) is 0.450. The van der Waals surface area contributed by atoms with Crippen LogP contribution in [0.3, 0.4) is 0 Å². The summed E-state index contributed by atoms with van der Waals surface area (Å²) in [4.78, 5) is 13.5. The van der Waals surface area contributed by atoms with Gasteiger partial charge in [-0.2, -0.15) is 5.10 Å². The number of H-pyrrole nitrogens is 1. The molecule has 1 aromatic heterocycles. The topological polar surface area (TPSA) is 72.4 Å². The maximum atomic E-state index is 4.49. The average Bonchev–Trinajstić information content (AvgIpc) is 3.43. The van der Waals surface area contributed by atoms with E-state index in [4.69, 9.17) is 0 Å². The molecule has 0 saturated carbocycles. The Morgan fingerprint density at radius 3 is 2.71 bits per heavy atom. The number of rotatable bonds is 4. The van der Waals surface area contributed by atoms with Crippen LogP contribution < -0.4 is 10.2 Å². The summed E-state index contributed by atoms with van der Waals surface area (Å²) in [6.07, 6.45) is 8.15. The summed E-state index contributed by atoms with van der Waals surface area (Å²) in [5.41, 5.74) is 2.55. The molecular weight excluding hydrogens is 465 g/mol. The predicted octanol–water partition coefficient (Wildman–Crippen LogP) is 2.75. The van der Waals surface area contributed by atoms with Gasteiger partial charge in [-0.25, -0.2) is 4.98 Å². The summed E-state index contributed by atoms with van der Waals surface area (Å²) in [7, 11) is 1.86. The van der Waals surface area contributed by atoms with E-state index < -0.39 is 0 Å². The van der Waals surface area contributed by atoms with Crippen molar-refractivity contribution < 1.29 is 0 Å². The number of aromatic nitrogens is 3. The first kappa shape index (κ1) is 20.6. The summed E-state index contributed by atoms with van der Waals surface area (Å²) in [6.45, 7) is 4.73. The predicted molar refractivity (Wildman–Crippen MR) is 123 cm³/mol. The molecule has 2 N–H and O–H groups in total. The monoisotopic (exact) mass is 493 g/mol. The molecule has 0 bridgehead atoms. The van der Waals surface area contributed by atoms with Crippen molar-refractivity contribution in [2.75, 3.05) is 38.1 Å². The lowest BCUT2D eigenvalue weighted by molar-refractivity contribution is 0.299. The van der Waals surface area contributed by atoms with Gasteiger partial charge >= 0.3 is 0 Å². The lowest BCUT2D eigenvalue weighted by Gasteiger charge is -2.33. The number of anilines is 1. The number of nitrogens with zero attached hydrogens (tertiary/aromatic N) is 5. The zero-order valence-corrected chi connectivity index (χ0v) is 18.5. The molecule has 4 rings (SSSR count). The van der Waals surface area contributed by atoms with E-state index in [-0.39, 0.29) is 24.0 Å². The zero-order chi connectivity index (χ0) is 18.5. The van der Waals surface area contributed by atoms with E-state index in [1.54, 1.807) is 6.33 Å². The van der Waals surface area contributed by atoms with Gasteiger partial charge in [0.25, 0.3) is 0 Å². The molecule has 0 unspecified atom stereocenters. The summed E-state index contributed by atoms with van der Waals surface area (Å²) in [5, 5.41) is 10.5. The molecule has 1 saturated heterocycles. The van der Waals surface area contributed by atoms with Crippen LogP contribution in [0.1, 0.15) is 30.1 Å². The minimum absolute atomic E-state index is 0. The molecule has 3 heterocycles. The van der Waals surface area contributed by atoms with E-state index in [2.05, 4.69) is 71.7 Å². The van der Waals surface area contributed by atoms with Gasteiger partial charge in [0.1, 0.15) is 12.2 Å². The second-order valence-electron chi connectivity index (χ2n) is 7.08. The first-order chi connectivity index (χ1) is 13.3. The molecule has 2 aromatic rings. The lowest BCUT2D eigenvalue weighted by atomic mass is 9.96. The summed E-state index contributed by atoms with van der Waals surface area (Å²) in [5.74, 6) is 2.44. The number of aromatic amines is 1. The van der Waals surface area contributed by atoms with Crippen LogP contribution in [0, 0.1) is 0 Å². The molecule has 0 aliphatic carbocycles. The summed E-state index contributed by atoms with van der Waals surface area (Å²) in [6, 6.07) is 8.75. The fourth-order valence-corrected chi connectivity index (χ4v) is 3.84. The highest BCUT2D eigenvalue weighted by Crippen LogP contribution is 2.25. The molecule has 0 atom stereocenters. The van der Waals surface area contributed by atoms with Crippen molar-refractivity contribution >= 4 is 35.6 Å². The Morgan fingerprint density at radius 2 is 2.04 bits per heavy atom. The molecule has 1 fully saturated rings. The van der Waals surface area contributed by atoms with Gasteiger partial charge in [-0.05, 0) is 30.5 Å². The Hall–Kier alpha value is -2.10. The normalized spacial score (nSPS) is 17.7. The van der Waals surface area contributed by atoms with Gasteiger partial charge in [-0.15, -0.1) is 24.0 Å². The second kappa shape index (κ2) is 9.90. The van der Waals surface area contributed by atoms with Crippen LogP contribution in [0.15, 0.2) is 47.7 Å². The summed E-state index contributed by atoms with van der Waals surface area (Å²) < 4.78 is 0. The Morgan fingerprint density at radius 1 is 1.25 bits per heavy atom. The molecule has 7 nitrogen and oxygen atoms in total. The quantitative estimate of drug-likeness (QED) is 0.297. The third-order valence-corrected chi connectivity index (χ3v) is 5.37. The third kappa shape index (κ3) is 4.84. The third-order valence-electron chi connectivity index (χ3n) is 5.37. The Bertz CT molecular complexity index is 787. The van der Waals surface area contributed by atoms with E-state index >= 15 is 0 Å². The van der Waals surface area contributed by atoms with Crippen molar-refractivity contribution in [2.24, 2.45) is 4.99 Å². The second-order valence-corrected chi connectivity index (χ2v) is 7.08. The maximum Gasteiger partial charge on any atom is 0.193 e. The van der Waals surface area contributed by atoms with Crippen LogP contribution >= 0.6 is 24.0 Å². The molecule has 8 heteroatoms. The number of hydrogen-bond acceptors (Lipinski definition) is 4. The van der Waals surface area contributed by atoms with Gasteiger partial charge in [-0.1, -0.05) is 24.3 Å². The standard InChI is InChI=1S/C20H27N7.HI/c1-21-20(27-11-7-17(8-12-27)19-23-15-24-25-19)22-14-16-5-4-6-18(13-16)26-9-2-3-10-26;/h2-6,13,15,17H,7-12,14H2,1H3,(H,21,22)(H,23,24,25);1H. The molecule has 1 aromatic carbocycles. The number of aliphatic imine (C=N–C) groups is 1. The number of halogens is 1. The molecule has 2 aliphatic heterocycles. The minimum atomic E-state index is 0. The average molecular weight is 493 g/mol. The Balaban J connectivity index is 0.00000225. The van der Waals surface area contributed by atoms with Crippen LogP contribution in [0.5, 0.6) is 0 Å². The van der Waals surface area contributed by atoms with Crippen LogP contribution in [-0.4, -0.2) is 59.3 Å². The van der Waals surface area contributed by atoms with Gasteiger partial charge in [0.2, 0.25) is 0 Å². The molecular formula is C20H28IN7.